The first kappa shape index (κ1) is 9.25. The lowest BCUT2D eigenvalue weighted by molar-refractivity contribution is 0.331. The van der Waals surface area contributed by atoms with Gasteiger partial charge in [0, 0.05) is 6.04 Å². The van der Waals surface area contributed by atoms with Crippen LogP contribution < -0.4 is 5.73 Å². The maximum Gasteiger partial charge on any atom is 0.00645 e. The first-order chi connectivity index (χ1) is 3.80. The van der Waals surface area contributed by atoms with Crippen molar-refractivity contribution in [3.05, 3.63) is 0 Å². The minimum Gasteiger partial charge on any atom is -0.327 e. The standard InChI is InChI=1S/C7H15N.ClH/c1-6-4-2-3-5-7(6)8;/h6-7H,2-5,8H2,1H3;1H/t6-,7-;/m0./s1. The Bertz CT molecular complexity index is 65.3. The third-order valence-corrected chi connectivity index (χ3v) is 2.18. The molecule has 0 aromatic rings. The fourth-order valence-electron chi connectivity index (χ4n) is 1.34. The van der Waals surface area contributed by atoms with E-state index in [9.17, 15) is 0 Å². The average molecular weight is 150 g/mol. The van der Waals surface area contributed by atoms with E-state index in [-0.39, 0.29) is 12.4 Å². The van der Waals surface area contributed by atoms with Crippen LogP contribution in [0.1, 0.15) is 32.6 Å². The van der Waals surface area contributed by atoms with Crippen LogP contribution >= 0.6 is 12.4 Å². The molecule has 2 atom stereocenters. The van der Waals surface area contributed by atoms with Gasteiger partial charge < -0.3 is 5.73 Å². The minimum absolute atomic E-state index is 0. The summed E-state index contributed by atoms with van der Waals surface area (Å²) in [5.74, 6) is 0.781. The van der Waals surface area contributed by atoms with Crippen LogP contribution in [0.25, 0.3) is 0 Å². The van der Waals surface area contributed by atoms with Crippen LogP contribution in [0.15, 0.2) is 0 Å². The Morgan fingerprint density at radius 2 is 1.78 bits per heavy atom. The molecule has 1 rings (SSSR count). The van der Waals surface area contributed by atoms with Crippen molar-refractivity contribution in [2.24, 2.45) is 11.7 Å². The van der Waals surface area contributed by atoms with Crippen LogP contribution in [0.2, 0.25) is 0 Å². The van der Waals surface area contributed by atoms with Gasteiger partial charge in [-0.05, 0) is 18.8 Å². The van der Waals surface area contributed by atoms with E-state index in [0.29, 0.717) is 6.04 Å². The summed E-state index contributed by atoms with van der Waals surface area (Å²) in [6.45, 7) is 2.25. The molecule has 0 radical (unpaired) electrons. The van der Waals surface area contributed by atoms with Crippen molar-refractivity contribution in [1.29, 1.82) is 0 Å². The zero-order valence-corrected chi connectivity index (χ0v) is 6.79. The summed E-state index contributed by atoms with van der Waals surface area (Å²) in [6.07, 6.45) is 5.35. The van der Waals surface area contributed by atoms with Crippen molar-refractivity contribution in [3.63, 3.8) is 0 Å². The van der Waals surface area contributed by atoms with Gasteiger partial charge in [-0.15, -0.1) is 12.4 Å². The molecule has 0 spiro atoms. The summed E-state index contributed by atoms with van der Waals surface area (Å²) in [6, 6.07) is 0.503. The summed E-state index contributed by atoms with van der Waals surface area (Å²) in [4.78, 5) is 0. The van der Waals surface area contributed by atoms with Gasteiger partial charge in [-0.2, -0.15) is 0 Å². The van der Waals surface area contributed by atoms with Gasteiger partial charge in [0.1, 0.15) is 0 Å². The molecule has 0 aromatic heterocycles. The van der Waals surface area contributed by atoms with E-state index in [1.807, 2.05) is 0 Å². The first-order valence-electron chi connectivity index (χ1n) is 3.56. The highest BCUT2D eigenvalue weighted by Gasteiger charge is 2.15. The number of hydrogen-bond acceptors (Lipinski definition) is 1. The zero-order chi connectivity index (χ0) is 5.98. The SMILES string of the molecule is C[C@H]1CCCC[C@@H]1N.Cl. The van der Waals surface area contributed by atoms with Crippen molar-refractivity contribution in [2.45, 2.75) is 38.6 Å². The summed E-state index contributed by atoms with van der Waals surface area (Å²) >= 11 is 0. The molecule has 0 bridgehead atoms. The van der Waals surface area contributed by atoms with Crippen molar-refractivity contribution < 1.29 is 0 Å². The van der Waals surface area contributed by atoms with Crippen molar-refractivity contribution >= 4 is 12.4 Å². The van der Waals surface area contributed by atoms with Gasteiger partial charge in [0.05, 0.1) is 0 Å². The predicted molar refractivity (Wildman–Crippen MR) is 42.9 cm³/mol. The molecule has 0 aliphatic heterocycles. The Kier molecular flexibility index (Phi) is 4.24. The molecule has 0 aromatic carbocycles. The van der Waals surface area contributed by atoms with E-state index in [1.54, 1.807) is 0 Å². The predicted octanol–water partition coefficient (Wildman–Crippen LogP) is 1.95. The van der Waals surface area contributed by atoms with Crippen LogP contribution in [0, 0.1) is 5.92 Å². The summed E-state index contributed by atoms with van der Waals surface area (Å²) in [5, 5.41) is 0. The van der Waals surface area contributed by atoms with Crippen LogP contribution in [0.5, 0.6) is 0 Å². The normalized spacial score (nSPS) is 35.3. The van der Waals surface area contributed by atoms with E-state index in [2.05, 4.69) is 6.92 Å². The maximum absolute atomic E-state index is 5.78. The largest absolute Gasteiger partial charge is 0.327 e. The second-order valence-electron chi connectivity index (χ2n) is 2.93. The Morgan fingerprint density at radius 3 is 2.11 bits per heavy atom. The molecule has 1 fully saturated rings. The Balaban J connectivity index is 0.000000640. The number of halogens is 1. The molecule has 0 heterocycles. The van der Waals surface area contributed by atoms with E-state index < -0.39 is 0 Å². The van der Waals surface area contributed by atoms with Gasteiger partial charge in [-0.3, -0.25) is 0 Å². The zero-order valence-electron chi connectivity index (χ0n) is 5.97. The molecule has 1 aliphatic carbocycles. The molecule has 9 heavy (non-hydrogen) atoms. The molecule has 1 nitrogen and oxygen atoms in total. The van der Waals surface area contributed by atoms with Crippen molar-refractivity contribution in [1.82, 2.24) is 0 Å². The lowest BCUT2D eigenvalue weighted by atomic mass is 9.87. The Hall–Kier alpha value is 0.250. The van der Waals surface area contributed by atoms with Gasteiger partial charge >= 0.3 is 0 Å². The second-order valence-corrected chi connectivity index (χ2v) is 2.93. The molecule has 0 saturated heterocycles. The minimum atomic E-state index is 0. The summed E-state index contributed by atoms with van der Waals surface area (Å²) < 4.78 is 0. The van der Waals surface area contributed by atoms with E-state index in [4.69, 9.17) is 5.73 Å². The van der Waals surface area contributed by atoms with Crippen LogP contribution in [0.3, 0.4) is 0 Å². The smallest absolute Gasteiger partial charge is 0.00645 e. The molecule has 56 valence electrons. The van der Waals surface area contributed by atoms with Gasteiger partial charge in [-0.25, -0.2) is 0 Å². The highest BCUT2D eigenvalue weighted by molar-refractivity contribution is 5.85. The summed E-state index contributed by atoms with van der Waals surface area (Å²) in [7, 11) is 0. The number of hydrogen-bond donors (Lipinski definition) is 1. The van der Waals surface area contributed by atoms with E-state index >= 15 is 0 Å². The third-order valence-electron chi connectivity index (χ3n) is 2.18. The lowest BCUT2D eigenvalue weighted by Crippen LogP contribution is -2.30. The molecule has 1 aliphatic rings. The fourth-order valence-corrected chi connectivity index (χ4v) is 1.34. The van der Waals surface area contributed by atoms with Gasteiger partial charge in [-0.1, -0.05) is 19.8 Å². The molecular weight excluding hydrogens is 134 g/mol. The van der Waals surface area contributed by atoms with Gasteiger partial charge in [0.15, 0.2) is 0 Å². The maximum atomic E-state index is 5.78. The monoisotopic (exact) mass is 149 g/mol. The van der Waals surface area contributed by atoms with Crippen molar-refractivity contribution in [2.75, 3.05) is 0 Å². The Labute approximate surface area is 63.4 Å². The van der Waals surface area contributed by atoms with Gasteiger partial charge in [0.25, 0.3) is 0 Å². The fraction of sp³-hybridized carbons (Fsp3) is 1.00. The van der Waals surface area contributed by atoms with E-state index in [1.165, 1.54) is 25.7 Å². The molecular formula is C7H16ClN. The van der Waals surface area contributed by atoms with Crippen LogP contribution in [-0.4, -0.2) is 6.04 Å². The number of nitrogens with two attached hydrogens (primary N) is 1. The quantitative estimate of drug-likeness (QED) is 0.560. The average Bonchev–Trinajstić information content (AvgIpc) is 1.77. The van der Waals surface area contributed by atoms with Crippen LogP contribution in [-0.2, 0) is 0 Å². The Morgan fingerprint density at radius 1 is 1.22 bits per heavy atom. The molecule has 0 unspecified atom stereocenters. The van der Waals surface area contributed by atoms with Crippen LogP contribution in [0.4, 0.5) is 0 Å². The second kappa shape index (κ2) is 4.13. The molecule has 2 N–H and O–H groups in total. The van der Waals surface area contributed by atoms with Gasteiger partial charge in [0.2, 0.25) is 0 Å². The highest BCUT2D eigenvalue weighted by atomic mass is 35.5. The lowest BCUT2D eigenvalue weighted by Gasteiger charge is -2.24. The van der Waals surface area contributed by atoms with Crippen molar-refractivity contribution in [3.8, 4) is 0 Å². The molecule has 0 amide bonds. The number of rotatable bonds is 0. The first-order valence-corrected chi connectivity index (χ1v) is 3.56. The summed E-state index contributed by atoms with van der Waals surface area (Å²) in [5.41, 5.74) is 5.78. The third kappa shape index (κ3) is 2.55. The topological polar surface area (TPSA) is 26.0 Å². The molecule has 2 heteroatoms. The highest BCUT2D eigenvalue weighted by Crippen LogP contribution is 2.21. The van der Waals surface area contributed by atoms with E-state index in [0.717, 1.165) is 5.92 Å². The molecule has 1 saturated carbocycles.